The van der Waals surface area contributed by atoms with Crippen LogP contribution >= 0.6 is 11.3 Å². The molecule has 148 valence electrons. The van der Waals surface area contributed by atoms with Crippen molar-refractivity contribution in [2.75, 3.05) is 0 Å². The molecule has 1 amide bonds. The molecule has 0 saturated carbocycles. The van der Waals surface area contributed by atoms with Crippen LogP contribution < -0.4 is 5.32 Å². The van der Waals surface area contributed by atoms with Crippen LogP contribution in [0.3, 0.4) is 0 Å². The summed E-state index contributed by atoms with van der Waals surface area (Å²) >= 11 is 1.56. The summed E-state index contributed by atoms with van der Waals surface area (Å²) in [6, 6.07) is 9.83. The van der Waals surface area contributed by atoms with Crippen LogP contribution in [0.25, 0.3) is 5.78 Å². The van der Waals surface area contributed by atoms with E-state index >= 15 is 0 Å². The maximum absolute atomic E-state index is 13.3. The molecule has 1 unspecified atom stereocenters. The first kappa shape index (κ1) is 19.2. The van der Waals surface area contributed by atoms with Gasteiger partial charge in [-0.1, -0.05) is 18.2 Å². The Kier molecular flexibility index (Phi) is 5.35. The molecule has 0 fully saturated rings. The summed E-state index contributed by atoms with van der Waals surface area (Å²) in [5.74, 6) is 0.180. The molecule has 1 atom stereocenters. The van der Waals surface area contributed by atoms with E-state index in [-0.39, 0.29) is 17.8 Å². The molecule has 1 N–H and O–H groups in total. The lowest BCUT2D eigenvalue weighted by Crippen LogP contribution is -2.29. The number of fused-ring (bicyclic) bond motifs is 1. The van der Waals surface area contributed by atoms with E-state index in [1.165, 1.54) is 18.5 Å². The lowest BCUT2D eigenvalue weighted by Gasteiger charge is -2.18. The van der Waals surface area contributed by atoms with E-state index in [1.54, 1.807) is 28.0 Å². The summed E-state index contributed by atoms with van der Waals surface area (Å²) in [5.41, 5.74) is 3.63. The molecule has 0 spiro atoms. The van der Waals surface area contributed by atoms with Gasteiger partial charge in [0.15, 0.2) is 0 Å². The normalized spacial score (nSPS) is 12.2. The highest BCUT2D eigenvalue weighted by Crippen LogP contribution is 2.26. The first-order chi connectivity index (χ1) is 14.0. The number of hydrogen-bond acceptors (Lipinski definition) is 5. The van der Waals surface area contributed by atoms with Crippen molar-refractivity contribution in [2.45, 2.75) is 32.7 Å². The van der Waals surface area contributed by atoms with Gasteiger partial charge in [0.05, 0.1) is 6.04 Å². The number of benzene rings is 1. The first-order valence-electron chi connectivity index (χ1n) is 9.27. The SMILES string of the molecule is Cc1nc2ncnn2c(C)c1CCC(=O)NC(c1ccc(F)cc1)c1cccs1. The highest BCUT2D eigenvalue weighted by molar-refractivity contribution is 7.10. The molecular weight excluding hydrogens is 389 g/mol. The first-order valence-corrected chi connectivity index (χ1v) is 10.1. The molecular formula is C21H20FN5OS. The lowest BCUT2D eigenvalue weighted by atomic mass is 10.0. The molecule has 0 aliphatic rings. The minimum absolute atomic E-state index is 0.0785. The van der Waals surface area contributed by atoms with Crippen molar-refractivity contribution in [1.29, 1.82) is 0 Å². The van der Waals surface area contributed by atoms with Crippen molar-refractivity contribution < 1.29 is 9.18 Å². The Balaban J connectivity index is 1.51. The Morgan fingerprint density at radius 1 is 1.24 bits per heavy atom. The van der Waals surface area contributed by atoms with E-state index in [2.05, 4.69) is 20.4 Å². The topological polar surface area (TPSA) is 72.2 Å². The van der Waals surface area contributed by atoms with Crippen molar-refractivity contribution in [2.24, 2.45) is 0 Å². The van der Waals surface area contributed by atoms with Crippen LogP contribution in [0.2, 0.25) is 0 Å². The third-order valence-electron chi connectivity index (χ3n) is 4.93. The van der Waals surface area contributed by atoms with E-state index in [0.29, 0.717) is 18.6 Å². The standard InChI is InChI=1S/C21H20FN5OS/c1-13-17(14(2)27-21(25-13)23-12-24-27)9-10-19(28)26-20(18-4-3-11-29-18)15-5-7-16(22)8-6-15/h3-8,11-12,20H,9-10H2,1-2H3,(H,26,28). The Morgan fingerprint density at radius 3 is 2.76 bits per heavy atom. The van der Waals surface area contributed by atoms with Gasteiger partial charge in [-0.2, -0.15) is 10.1 Å². The number of amides is 1. The molecule has 3 aromatic heterocycles. The third-order valence-corrected chi connectivity index (χ3v) is 5.86. The number of rotatable bonds is 6. The van der Waals surface area contributed by atoms with Gasteiger partial charge in [-0.05, 0) is 55.0 Å². The molecule has 3 heterocycles. The predicted octanol–water partition coefficient (Wildman–Crippen LogP) is 3.78. The van der Waals surface area contributed by atoms with Crippen molar-refractivity contribution in [3.8, 4) is 0 Å². The zero-order chi connectivity index (χ0) is 20.4. The molecule has 4 aromatic rings. The molecule has 1 aromatic carbocycles. The van der Waals surface area contributed by atoms with E-state index in [9.17, 15) is 9.18 Å². The monoisotopic (exact) mass is 409 g/mol. The maximum Gasteiger partial charge on any atom is 0.252 e. The van der Waals surface area contributed by atoms with Crippen molar-refractivity contribution >= 4 is 23.0 Å². The van der Waals surface area contributed by atoms with Gasteiger partial charge in [0, 0.05) is 22.7 Å². The number of carbonyl (C=O) groups excluding carboxylic acids is 1. The number of halogens is 1. The Hall–Kier alpha value is -3.13. The van der Waals surface area contributed by atoms with Gasteiger partial charge in [0.25, 0.3) is 5.78 Å². The molecule has 29 heavy (non-hydrogen) atoms. The zero-order valence-corrected chi connectivity index (χ0v) is 16.9. The lowest BCUT2D eigenvalue weighted by molar-refractivity contribution is -0.121. The van der Waals surface area contributed by atoms with Crippen LogP contribution in [0.5, 0.6) is 0 Å². The second-order valence-electron chi connectivity index (χ2n) is 6.80. The van der Waals surface area contributed by atoms with E-state index in [1.807, 2.05) is 31.4 Å². The number of carbonyl (C=O) groups is 1. The van der Waals surface area contributed by atoms with Gasteiger partial charge in [0.2, 0.25) is 5.91 Å². The Labute approximate surface area is 171 Å². The average molecular weight is 409 g/mol. The summed E-state index contributed by atoms with van der Waals surface area (Å²) in [7, 11) is 0. The number of hydrogen-bond donors (Lipinski definition) is 1. The van der Waals surface area contributed by atoms with Gasteiger partial charge in [0.1, 0.15) is 12.1 Å². The highest BCUT2D eigenvalue weighted by Gasteiger charge is 2.19. The van der Waals surface area contributed by atoms with Crippen molar-refractivity contribution in [3.05, 3.63) is 81.3 Å². The van der Waals surface area contributed by atoms with Gasteiger partial charge in [-0.15, -0.1) is 11.3 Å². The smallest absolute Gasteiger partial charge is 0.252 e. The molecule has 4 rings (SSSR count). The Bertz CT molecular complexity index is 1140. The van der Waals surface area contributed by atoms with Crippen molar-refractivity contribution in [3.63, 3.8) is 0 Å². The summed E-state index contributed by atoms with van der Waals surface area (Å²) in [6.45, 7) is 3.87. The van der Waals surface area contributed by atoms with E-state index < -0.39 is 0 Å². The van der Waals surface area contributed by atoms with Crippen LogP contribution in [-0.4, -0.2) is 25.5 Å². The van der Waals surface area contributed by atoms with Gasteiger partial charge in [-0.3, -0.25) is 4.79 Å². The van der Waals surface area contributed by atoms with Crippen molar-refractivity contribution in [1.82, 2.24) is 24.9 Å². The quantitative estimate of drug-likeness (QED) is 0.526. The summed E-state index contributed by atoms with van der Waals surface area (Å²) in [5, 5.41) is 9.24. The van der Waals surface area contributed by atoms with Crippen LogP contribution in [-0.2, 0) is 11.2 Å². The molecule has 0 aliphatic carbocycles. The number of nitrogens with one attached hydrogen (secondary N) is 1. The molecule has 0 bridgehead atoms. The fourth-order valence-corrected chi connectivity index (χ4v) is 4.22. The summed E-state index contributed by atoms with van der Waals surface area (Å²) in [6.07, 6.45) is 2.33. The molecule has 0 radical (unpaired) electrons. The number of aromatic nitrogens is 4. The van der Waals surface area contributed by atoms with Gasteiger partial charge in [-0.25, -0.2) is 13.9 Å². The van der Waals surface area contributed by atoms with Crippen LogP contribution in [0, 0.1) is 19.7 Å². The van der Waals surface area contributed by atoms with E-state index in [0.717, 1.165) is 27.4 Å². The highest BCUT2D eigenvalue weighted by atomic mass is 32.1. The minimum atomic E-state index is -0.304. The minimum Gasteiger partial charge on any atom is -0.344 e. The number of nitrogens with zero attached hydrogens (tertiary/aromatic N) is 4. The number of aryl methyl sites for hydroxylation is 2. The van der Waals surface area contributed by atoms with Gasteiger partial charge < -0.3 is 5.32 Å². The average Bonchev–Trinajstić information content (AvgIpc) is 3.39. The largest absolute Gasteiger partial charge is 0.344 e. The van der Waals surface area contributed by atoms with Crippen LogP contribution in [0.15, 0.2) is 48.1 Å². The summed E-state index contributed by atoms with van der Waals surface area (Å²) in [4.78, 5) is 22.3. The van der Waals surface area contributed by atoms with Crippen LogP contribution in [0.1, 0.15) is 39.9 Å². The number of thiophene rings is 1. The van der Waals surface area contributed by atoms with Crippen LogP contribution in [0.4, 0.5) is 4.39 Å². The third kappa shape index (κ3) is 4.02. The molecule has 0 saturated heterocycles. The second kappa shape index (κ2) is 8.08. The second-order valence-corrected chi connectivity index (χ2v) is 7.78. The maximum atomic E-state index is 13.3. The van der Waals surface area contributed by atoms with Gasteiger partial charge >= 0.3 is 0 Å². The van der Waals surface area contributed by atoms with E-state index in [4.69, 9.17) is 0 Å². The fraction of sp³-hybridized carbons (Fsp3) is 0.238. The zero-order valence-electron chi connectivity index (χ0n) is 16.1. The predicted molar refractivity (Wildman–Crippen MR) is 109 cm³/mol. The molecule has 0 aliphatic heterocycles. The molecule has 6 nitrogen and oxygen atoms in total. The Morgan fingerprint density at radius 2 is 2.03 bits per heavy atom. The summed E-state index contributed by atoms with van der Waals surface area (Å²) < 4.78 is 15.0. The molecule has 8 heteroatoms. The fourth-order valence-electron chi connectivity index (χ4n) is 3.42.